The van der Waals surface area contributed by atoms with E-state index in [1.54, 1.807) is 13.0 Å². The van der Waals surface area contributed by atoms with Gasteiger partial charge < -0.3 is 15.4 Å². The van der Waals surface area contributed by atoms with Crippen molar-refractivity contribution in [3.05, 3.63) is 24.0 Å². The Morgan fingerprint density at radius 3 is 2.80 bits per heavy atom. The molecule has 1 aliphatic rings. The van der Waals surface area contributed by atoms with E-state index in [1.807, 2.05) is 0 Å². The lowest BCUT2D eigenvalue weighted by Crippen LogP contribution is -2.34. The smallest absolute Gasteiger partial charge is 0.238 e. The SMILES string of the molecule is CCOc1ccc(NC(=O)CNC2CCCC2)cc1F. The second-order valence-electron chi connectivity index (χ2n) is 4.99. The number of benzene rings is 1. The molecule has 110 valence electrons. The fraction of sp³-hybridized carbons (Fsp3) is 0.533. The van der Waals surface area contributed by atoms with Gasteiger partial charge in [0.15, 0.2) is 11.6 Å². The van der Waals surface area contributed by atoms with Gasteiger partial charge >= 0.3 is 0 Å². The van der Waals surface area contributed by atoms with E-state index in [9.17, 15) is 9.18 Å². The molecule has 0 radical (unpaired) electrons. The van der Waals surface area contributed by atoms with Gasteiger partial charge in [0.25, 0.3) is 0 Å². The summed E-state index contributed by atoms with van der Waals surface area (Å²) >= 11 is 0. The van der Waals surface area contributed by atoms with Crippen LogP contribution in [0.25, 0.3) is 0 Å². The van der Waals surface area contributed by atoms with Gasteiger partial charge in [-0.1, -0.05) is 12.8 Å². The van der Waals surface area contributed by atoms with E-state index in [4.69, 9.17) is 4.74 Å². The highest BCUT2D eigenvalue weighted by molar-refractivity contribution is 5.92. The van der Waals surface area contributed by atoms with Crippen molar-refractivity contribution in [1.82, 2.24) is 5.32 Å². The van der Waals surface area contributed by atoms with Crippen molar-refractivity contribution in [2.24, 2.45) is 0 Å². The number of carbonyl (C=O) groups excluding carboxylic acids is 1. The quantitative estimate of drug-likeness (QED) is 0.842. The van der Waals surface area contributed by atoms with Crippen molar-refractivity contribution in [3.8, 4) is 5.75 Å². The summed E-state index contributed by atoms with van der Waals surface area (Å²) < 4.78 is 18.7. The van der Waals surface area contributed by atoms with E-state index < -0.39 is 5.82 Å². The van der Waals surface area contributed by atoms with E-state index in [1.165, 1.54) is 25.0 Å². The van der Waals surface area contributed by atoms with Gasteiger partial charge in [0.05, 0.1) is 13.2 Å². The average Bonchev–Trinajstić information content (AvgIpc) is 2.93. The molecule has 1 aliphatic carbocycles. The summed E-state index contributed by atoms with van der Waals surface area (Å²) in [7, 11) is 0. The lowest BCUT2D eigenvalue weighted by Gasteiger charge is -2.12. The minimum absolute atomic E-state index is 0.152. The molecule has 20 heavy (non-hydrogen) atoms. The van der Waals surface area contributed by atoms with Crippen LogP contribution in [0.1, 0.15) is 32.6 Å². The third kappa shape index (κ3) is 4.20. The molecule has 0 heterocycles. The number of hydrogen-bond acceptors (Lipinski definition) is 3. The van der Waals surface area contributed by atoms with Crippen LogP contribution in [0.4, 0.5) is 10.1 Å². The molecule has 5 heteroatoms. The van der Waals surface area contributed by atoms with E-state index in [2.05, 4.69) is 10.6 Å². The normalized spacial score (nSPS) is 15.3. The van der Waals surface area contributed by atoms with Crippen LogP contribution in [0.3, 0.4) is 0 Å². The van der Waals surface area contributed by atoms with Gasteiger partial charge in [0, 0.05) is 17.8 Å². The molecular weight excluding hydrogens is 259 g/mol. The van der Waals surface area contributed by atoms with E-state index in [0.29, 0.717) is 18.3 Å². The lowest BCUT2D eigenvalue weighted by molar-refractivity contribution is -0.115. The maximum atomic E-state index is 13.6. The predicted octanol–water partition coefficient (Wildman–Crippen LogP) is 2.70. The molecule has 0 saturated heterocycles. The van der Waals surface area contributed by atoms with Crippen LogP contribution in [-0.2, 0) is 4.79 Å². The Labute approximate surface area is 118 Å². The van der Waals surface area contributed by atoms with E-state index in [0.717, 1.165) is 12.8 Å². The van der Waals surface area contributed by atoms with Crippen LogP contribution in [0, 0.1) is 5.82 Å². The van der Waals surface area contributed by atoms with Gasteiger partial charge in [0.2, 0.25) is 5.91 Å². The van der Waals surface area contributed by atoms with Crippen LogP contribution in [0.2, 0.25) is 0 Å². The zero-order chi connectivity index (χ0) is 14.4. The lowest BCUT2D eigenvalue weighted by atomic mass is 10.2. The number of carbonyl (C=O) groups is 1. The Morgan fingerprint density at radius 1 is 1.40 bits per heavy atom. The molecule has 0 bridgehead atoms. The maximum Gasteiger partial charge on any atom is 0.238 e. The second kappa shape index (κ2) is 7.24. The number of hydrogen-bond donors (Lipinski definition) is 2. The highest BCUT2D eigenvalue weighted by Crippen LogP contribution is 2.21. The van der Waals surface area contributed by atoms with Crippen LogP contribution in [-0.4, -0.2) is 25.1 Å². The zero-order valence-corrected chi connectivity index (χ0v) is 11.7. The fourth-order valence-corrected chi connectivity index (χ4v) is 2.42. The van der Waals surface area contributed by atoms with Crippen molar-refractivity contribution in [3.63, 3.8) is 0 Å². The number of rotatable bonds is 6. The first kappa shape index (κ1) is 14.8. The molecule has 2 N–H and O–H groups in total. The molecule has 4 nitrogen and oxygen atoms in total. The van der Waals surface area contributed by atoms with Gasteiger partial charge in [-0.15, -0.1) is 0 Å². The van der Waals surface area contributed by atoms with Gasteiger partial charge in [-0.2, -0.15) is 0 Å². The van der Waals surface area contributed by atoms with Gasteiger partial charge in [0.1, 0.15) is 0 Å². The molecule has 0 aliphatic heterocycles. The van der Waals surface area contributed by atoms with Crippen molar-refractivity contribution >= 4 is 11.6 Å². The van der Waals surface area contributed by atoms with Crippen molar-refractivity contribution in [1.29, 1.82) is 0 Å². The Morgan fingerprint density at radius 2 is 2.15 bits per heavy atom. The highest BCUT2D eigenvalue weighted by atomic mass is 19.1. The summed E-state index contributed by atoms with van der Waals surface area (Å²) in [6.45, 7) is 2.47. The number of amides is 1. The van der Waals surface area contributed by atoms with Crippen LogP contribution in [0.15, 0.2) is 18.2 Å². The van der Waals surface area contributed by atoms with Crippen molar-refractivity contribution in [2.45, 2.75) is 38.6 Å². The molecule has 1 fully saturated rings. The van der Waals surface area contributed by atoms with E-state index in [-0.39, 0.29) is 18.2 Å². The minimum Gasteiger partial charge on any atom is -0.491 e. The van der Waals surface area contributed by atoms with Crippen LogP contribution in [0.5, 0.6) is 5.75 Å². The van der Waals surface area contributed by atoms with Gasteiger partial charge in [-0.3, -0.25) is 4.79 Å². The topological polar surface area (TPSA) is 50.4 Å². The van der Waals surface area contributed by atoms with Crippen molar-refractivity contribution in [2.75, 3.05) is 18.5 Å². The number of nitrogens with one attached hydrogen (secondary N) is 2. The molecule has 0 unspecified atom stereocenters. The molecule has 0 atom stereocenters. The molecule has 2 rings (SSSR count). The van der Waals surface area contributed by atoms with Gasteiger partial charge in [-0.25, -0.2) is 4.39 Å². The zero-order valence-electron chi connectivity index (χ0n) is 11.7. The standard InChI is InChI=1S/C15H21FN2O2/c1-2-20-14-8-7-12(9-13(14)16)18-15(19)10-17-11-5-3-4-6-11/h7-9,11,17H,2-6,10H2,1H3,(H,18,19). The Balaban J connectivity index is 1.82. The Kier molecular flexibility index (Phi) is 5.35. The minimum atomic E-state index is -0.464. The van der Waals surface area contributed by atoms with Crippen LogP contribution >= 0.6 is 0 Å². The Hall–Kier alpha value is -1.62. The summed E-state index contributed by atoms with van der Waals surface area (Å²) in [6, 6.07) is 4.89. The second-order valence-corrected chi connectivity index (χ2v) is 4.99. The molecule has 1 aromatic rings. The average molecular weight is 280 g/mol. The van der Waals surface area contributed by atoms with Gasteiger partial charge in [-0.05, 0) is 31.9 Å². The first-order valence-corrected chi connectivity index (χ1v) is 7.14. The highest BCUT2D eigenvalue weighted by Gasteiger charge is 2.15. The van der Waals surface area contributed by atoms with E-state index >= 15 is 0 Å². The monoisotopic (exact) mass is 280 g/mol. The molecule has 1 amide bonds. The third-order valence-corrected chi connectivity index (χ3v) is 3.42. The van der Waals surface area contributed by atoms with Crippen LogP contribution < -0.4 is 15.4 Å². The summed E-state index contributed by atoms with van der Waals surface area (Å²) in [5.74, 6) is -0.413. The molecule has 0 spiro atoms. The first-order valence-electron chi connectivity index (χ1n) is 7.14. The number of halogens is 1. The predicted molar refractivity (Wildman–Crippen MR) is 76.5 cm³/mol. The third-order valence-electron chi connectivity index (χ3n) is 3.42. The number of anilines is 1. The largest absolute Gasteiger partial charge is 0.491 e. The summed E-state index contributed by atoms with van der Waals surface area (Å²) in [6.07, 6.45) is 4.71. The maximum absolute atomic E-state index is 13.6. The van der Waals surface area contributed by atoms with Crippen molar-refractivity contribution < 1.29 is 13.9 Å². The molecular formula is C15H21FN2O2. The molecule has 0 aromatic heterocycles. The first-order chi connectivity index (χ1) is 9.69. The number of ether oxygens (including phenoxy) is 1. The molecule has 1 saturated carbocycles. The molecule has 1 aromatic carbocycles. The summed E-state index contributed by atoms with van der Waals surface area (Å²) in [5, 5.41) is 5.90. The Bertz CT molecular complexity index is 459. The fourth-order valence-electron chi connectivity index (χ4n) is 2.42. The summed E-state index contributed by atoms with van der Waals surface area (Å²) in [5.41, 5.74) is 0.448. The summed E-state index contributed by atoms with van der Waals surface area (Å²) in [4.78, 5) is 11.8.